The lowest BCUT2D eigenvalue weighted by Crippen LogP contribution is -2.45. The summed E-state index contributed by atoms with van der Waals surface area (Å²) in [4.78, 5) is 21.3. The van der Waals surface area contributed by atoms with Crippen LogP contribution in [0.25, 0.3) is 0 Å². The van der Waals surface area contributed by atoms with Crippen LogP contribution in [0.3, 0.4) is 0 Å². The number of amides is 1. The van der Waals surface area contributed by atoms with E-state index in [4.69, 9.17) is 0 Å². The van der Waals surface area contributed by atoms with Gasteiger partial charge in [0.1, 0.15) is 0 Å². The van der Waals surface area contributed by atoms with Crippen molar-refractivity contribution < 1.29 is 4.79 Å². The first-order valence-electron chi connectivity index (χ1n) is 9.98. The number of benzene rings is 1. The second kappa shape index (κ2) is 9.06. The highest BCUT2D eigenvalue weighted by atomic mass is 16.2. The molecule has 5 heteroatoms. The van der Waals surface area contributed by atoms with Crippen molar-refractivity contribution >= 4 is 11.9 Å². The van der Waals surface area contributed by atoms with Gasteiger partial charge in [0.05, 0.1) is 6.54 Å². The molecule has 0 spiro atoms. The van der Waals surface area contributed by atoms with Crippen LogP contribution in [-0.2, 0) is 11.3 Å². The Bertz CT molecular complexity index is 602. The third-order valence-electron chi connectivity index (χ3n) is 5.84. The van der Waals surface area contributed by atoms with Gasteiger partial charge < -0.3 is 15.1 Å². The van der Waals surface area contributed by atoms with E-state index in [0.29, 0.717) is 19.6 Å². The first-order chi connectivity index (χ1) is 12.7. The Morgan fingerprint density at radius 2 is 1.85 bits per heavy atom. The van der Waals surface area contributed by atoms with Crippen LogP contribution in [0, 0.1) is 11.8 Å². The fraction of sp³-hybridized carbons (Fsp3) is 0.619. The molecule has 26 heavy (non-hydrogen) atoms. The van der Waals surface area contributed by atoms with Gasteiger partial charge in [-0.2, -0.15) is 0 Å². The van der Waals surface area contributed by atoms with E-state index in [2.05, 4.69) is 27.3 Å². The van der Waals surface area contributed by atoms with E-state index in [1.165, 1.54) is 25.7 Å². The average molecular weight is 357 g/mol. The van der Waals surface area contributed by atoms with Crippen LogP contribution >= 0.6 is 0 Å². The number of likely N-dealkylation sites (tertiary alicyclic amines) is 1. The van der Waals surface area contributed by atoms with Gasteiger partial charge in [-0.3, -0.25) is 9.79 Å². The first kappa shape index (κ1) is 18.7. The topological polar surface area (TPSA) is 47.9 Å². The van der Waals surface area contributed by atoms with Gasteiger partial charge in [0, 0.05) is 33.2 Å². The number of carbonyl (C=O) groups is 1. The predicted octanol–water partition coefficient (Wildman–Crippen LogP) is 2.73. The van der Waals surface area contributed by atoms with Crippen molar-refractivity contribution in [3.8, 4) is 0 Å². The van der Waals surface area contributed by atoms with Crippen LogP contribution in [0.2, 0.25) is 0 Å². The Hall–Kier alpha value is -2.04. The van der Waals surface area contributed by atoms with Crippen LogP contribution in [0.5, 0.6) is 0 Å². The molecule has 1 aromatic carbocycles. The number of aliphatic imine (C=N–C) groups is 1. The van der Waals surface area contributed by atoms with Crippen LogP contribution in [-0.4, -0.2) is 54.9 Å². The molecule has 0 aromatic heterocycles. The molecule has 1 saturated heterocycles. The zero-order chi connectivity index (χ0) is 18.4. The van der Waals surface area contributed by atoms with Gasteiger partial charge >= 0.3 is 0 Å². The fourth-order valence-corrected chi connectivity index (χ4v) is 4.36. The van der Waals surface area contributed by atoms with E-state index in [1.807, 2.05) is 37.1 Å². The maximum absolute atomic E-state index is 12.7. The maximum atomic E-state index is 12.7. The lowest BCUT2D eigenvalue weighted by Gasteiger charge is -2.24. The first-order valence-corrected chi connectivity index (χ1v) is 9.98. The third-order valence-corrected chi connectivity index (χ3v) is 5.84. The van der Waals surface area contributed by atoms with Crippen molar-refractivity contribution in [1.82, 2.24) is 15.1 Å². The minimum Gasteiger partial charge on any atom is -0.347 e. The van der Waals surface area contributed by atoms with Gasteiger partial charge in [0.2, 0.25) is 5.91 Å². The summed E-state index contributed by atoms with van der Waals surface area (Å²) in [5.41, 5.74) is 1.16. The Morgan fingerprint density at radius 3 is 2.42 bits per heavy atom. The molecular weight excluding hydrogens is 324 g/mol. The molecule has 1 aromatic rings. The number of nitrogens with zero attached hydrogens (tertiary/aromatic N) is 3. The van der Waals surface area contributed by atoms with Crippen molar-refractivity contribution in [3.63, 3.8) is 0 Å². The van der Waals surface area contributed by atoms with Gasteiger partial charge in [-0.25, -0.2) is 0 Å². The number of rotatable bonds is 5. The van der Waals surface area contributed by atoms with Crippen molar-refractivity contribution in [2.45, 2.75) is 39.2 Å². The molecule has 1 amide bonds. The van der Waals surface area contributed by atoms with Crippen molar-refractivity contribution in [2.24, 2.45) is 16.8 Å². The molecule has 2 aliphatic rings. The molecule has 2 unspecified atom stereocenters. The molecule has 5 nitrogen and oxygen atoms in total. The van der Waals surface area contributed by atoms with Crippen LogP contribution in [0.15, 0.2) is 35.3 Å². The van der Waals surface area contributed by atoms with Crippen molar-refractivity contribution in [2.75, 3.05) is 33.2 Å². The number of guanidine groups is 1. The minimum atomic E-state index is 0.120. The molecule has 0 bridgehead atoms. The molecule has 1 aliphatic carbocycles. The molecule has 2 atom stereocenters. The van der Waals surface area contributed by atoms with Gasteiger partial charge in [-0.1, -0.05) is 43.2 Å². The summed E-state index contributed by atoms with van der Waals surface area (Å²) >= 11 is 0. The lowest BCUT2D eigenvalue weighted by atomic mass is 9.82. The highest BCUT2D eigenvalue weighted by molar-refractivity contribution is 5.86. The van der Waals surface area contributed by atoms with Gasteiger partial charge in [-0.05, 0) is 37.2 Å². The zero-order valence-electron chi connectivity index (χ0n) is 16.2. The number of hydrogen-bond donors (Lipinski definition) is 1. The zero-order valence-corrected chi connectivity index (χ0v) is 16.2. The largest absolute Gasteiger partial charge is 0.347 e. The van der Waals surface area contributed by atoms with E-state index in [1.54, 1.807) is 0 Å². The van der Waals surface area contributed by atoms with Crippen molar-refractivity contribution in [1.29, 1.82) is 0 Å². The number of nitrogens with one attached hydrogen (secondary N) is 1. The number of fused-ring (bicyclic) bond motifs is 1. The van der Waals surface area contributed by atoms with E-state index in [0.717, 1.165) is 36.4 Å². The highest BCUT2D eigenvalue weighted by Crippen LogP contribution is 2.35. The second-order valence-corrected chi connectivity index (χ2v) is 7.50. The molecule has 1 saturated carbocycles. The molecule has 1 aliphatic heterocycles. The highest BCUT2D eigenvalue weighted by Gasteiger charge is 2.35. The molecule has 1 N–H and O–H groups in total. The molecule has 2 fully saturated rings. The Labute approximate surface area is 157 Å². The molecular formula is C21H32N4O. The van der Waals surface area contributed by atoms with E-state index in [-0.39, 0.29) is 5.91 Å². The number of hydrogen-bond acceptors (Lipinski definition) is 2. The molecule has 1 heterocycles. The normalized spacial score (nSPS) is 22.8. The number of likely N-dealkylation sites (N-methyl/N-ethyl adjacent to an activating group) is 1. The number of carbonyl (C=O) groups excluding carboxylic acids is 1. The van der Waals surface area contributed by atoms with E-state index >= 15 is 0 Å². The average Bonchev–Trinajstić information content (AvgIpc) is 3.11. The van der Waals surface area contributed by atoms with Crippen LogP contribution in [0.4, 0.5) is 0 Å². The summed E-state index contributed by atoms with van der Waals surface area (Å²) in [6.07, 6.45) is 5.42. The summed E-state index contributed by atoms with van der Waals surface area (Å²) in [6, 6.07) is 10.2. The smallest absolute Gasteiger partial charge is 0.242 e. The lowest BCUT2D eigenvalue weighted by molar-refractivity contribution is -0.130. The molecule has 0 radical (unpaired) electrons. The van der Waals surface area contributed by atoms with E-state index in [9.17, 15) is 4.79 Å². The minimum absolute atomic E-state index is 0.120. The SMILES string of the molecule is CCN(Cc1ccccc1)C(=O)CNC(=NC)N1CC2CCCCC2C1. The molecule has 142 valence electrons. The van der Waals surface area contributed by atoms with E-state index < -0.39 is 0 Å². The Morgan fingerprint density at radius 1 is 1.19 bits per heavy atom. The molecule has 3 rings (SSSR count). The quantitative estimate of drug-likeness (QED) is 0.652. The van der Waals surface area contributed by atoms with Crippen molar-refractivity contribution in [3.05, 3.63) is 35.9 Å². The van der Waals surface area contributed by atoms with Gasteiger partial charge in [0.15, 0.2) is 5.96 Å². The predicted molar refractivity (Wildman–Crippen MR) is 106 cm³/mol. The summed E-state index contributed by atoms with van der Waals surface area (Å²) in [6.45, 7) is 5.87. The summed E-state index contributed by atoms with van der Waals surface area (Å²) < 4.78 is 0. The summed E-state index contributed by atoms with van der Waals surface area (Å²) in [5, 5.41) is 3.31. The Balaban J connectivity index is 1.52. The summed E-state index contributed by atoms with van der Waals surface area (Å²) in [7, 11) is 1.82. The third kappa shape index (κ3) is 4.57. The Kier molecular flexibility index (Phi) is 6.53. The summed E-state index contributed by atoms with van der Waals surface area (Å²) in [5.74, 6) is 2.61. The maximum Gasteiger partial charge on any atom is 0.242 e. The monoisotopic (exact) mass is 356 g/mol. The van der Waals surface area contributed by atoms with Crippen LogP contribution < -0.4 is 5.32 Å². The van der Waals surface area contributed by atoms with Crippen LogP contribution in [0.1, 0.15) is 38.2 Å². The second-order valence-electron chi connectivity index (χ2n) is 7.50. The standard InChI is InChI=1S/C21H32N4O/c1-3-24(14-17-9-5-4-6-10-17)20(26)13-23-21(22-2)25-15-18-11-7-8-12-19(18)16-25/h4-6,9-10,18-19H,3,7-8,11-16H2,1-2H3,(H,22,23). The van der Waals surface area contributed by atoms with Gasteiger partial charge in [-0.15, -0.1) is 0 Å². The fourth-order valence-electron chi connectivity index (χ4n) is 4.36. The van der Waals surface area contributed by atoms with Gasteiger partial charge in [0.25, 0.3) is 0 Å².